The minimum absolute atomic E-state index is 0.452. The number of aryl methyl sites for hydroxylation is 2. The summed E-state index contributed by atoms with van der Waals surface area (Å²) in [6.07, 6.45) is 1.37. The van der Waals surface area contributed by atoms with Gasteiger partial charge >= 0.3 is 0 Å². The van der Waals surface area contributed by atoms with Gasteiger partial charge in [-0.05, 0) is 37.6 Å². The number of carbonyl (C=O) groups is 1. The van der Waals surface area contributed by atoms with Gasteiger partial charge in [-0.3, -0.25) is 0 Å². The molecule has 4 heteroatoms. The van der Waals surface area contributed by atoms with Gasteiger partial charge in [0.25, 0.3) is 0 Å². The van der Waals surface area contributed by atoms with Gasteiger partial charge < -0.3 is 9.53 Å². The molecule has 19 heavy (non-hydrogen) atoms. The number of hydrogen-bond donors (Lipinski definition) is 0. The van der Waals surface area contributed by atoms with Crippen LogP contribution in [0.5, 0.6) is 0 Å². The Bertz CT molecular complexity index is 533. The van der Waals surface area contributed by atoms with Crippen LogP contribution in [0.1, 0.15) is 17.0 Å². The highest BCUT2D eigenvalue weighted by Gasteiger charge is 2.03. The Labute approximate surface area is 114 Å². The van der Waals surface area contributed by atoms with Crippen LogP contribution in [0.4, 0.5) is 0 Å². The van der Waals surface area contributed by atoms with E-state index in [0.29, 0.717) is 6.42 Å². The predicted molar refractivity (Wildman–Crippen MR) is 75.7 cm³/mol. The van der Waals surface area contributed by atoms with E-state index >= 15 is 0 Å². The van der Waals surface area contributed by atoms with Crippen molar-refractivity contribution in [3.8, 4) is 5.69 Å². The lowest BCUT2D eigenvalue weighted by Crippen LogP contribution is -2.00. The van der Waals surface area contributed by atoms with Gasteiger partial charge in [-0.1, -0.05) is 12.1 Å². The Hall–Kier alpha value is -1.94. The van der Waals surface area contributed by atoms with Crippen molar-refractivity contribution in [2.75, 3.05) is 14.2 Å². The van der Waals surface area contributed by atoms with Crippen LogP contribution in [0.15, 0.2) is 30.3 Å². The van der Waals surface area contributed by atoms with Crippen LogP contribution in [-0.2, 0) is 16.0 Å². The predicted octanol–water partition coefficient (Wildman–Crippen LogP) is 2.49. The largest absolute Gasteiger partial charge is 0.388 e. The minimum atomic E-state index is 0.452. The standard InChI is InChI=1S/C13H14N2O.C2H6O/c1-10-8-11(2)15(14-10)13-5-3-4-12(9-13)6-7-16;1-3-2/h3-5,7-9H,6H2,1-2H3;1-2H3. The number of benzene rings is 1. The minimum Gasteiger partial charge on any atom is -0.388 e. The van der Waals surface area contributed by atoms with E-state index in [2.05, 4.69) is 9.84 Å². The lowest BCUT2D eigenvalue weighted by atomic mass is 10.1. The molecule has 0 unspecified atom stereocenters. The van der Waals surface area contributed by atoms with Crippen molar-refractivity contribution in [2.24, 2.45) is 0 Å². The van der Waals surface area contributed by atoms with Gasteiger partial charge in [0.15, 0.2) is 0 Å². The molecular formula is C15H20N2O2. The van der Waals surface area contributed by atoms with Crippen LogP contribution in [0.2, 0.25) is 0 Å². The zero-order valence-electron chi connectivity index (χ0n) is 11.9. The van der Waals surface area contributed by atoms with Crippen molar-refractivity contribution in [3.05, 3.63) is 47.3 Å². The van der Waals surface area contributed by atoms with E-state index < -0.39 is 0 Å². The summed E-state index contributed by atoms with van der Waals surface area (Å²) in [5, 5.41) is 4.41. The van der Waals surface area contributed by atoms with Crippen LogP contribution in [0, 0.1) is 13.8 Å². The summed E-state index contributed by atoms with van der Waals surface area (Å²) < 4.78 is 6.14. The molecule has 0 radical (unpaired) electrons. The van der Waals surface area contributed by atoms with E-state index in [4.69, 9.17) is 0 Å². The van der Waals surface area contributed by atoms with Crippen LogP contribution >= 0.6 is 0 Å². The van der Waals surface area contributed by atoms with Crippen molar-refractivity contribution < 1.29 is 9.53 Å². The van der Waals surface area contributed by atoms with Gasteiger partial charge in [0.05, 0.1) is 11.4 Å². The summed E-state index contributed by atoms with van der Waals surface area (Å²) in [6.45, 7) is 3.99. The van der Waals surface area contributed by atoms with Gasteiger partial charge in [-0.2, -0.15) is 5.10 Å². The fourth-order valence-corrected chi connectivity index (χ4v) is 1.80. The van der Waals surface area contributed by atoms with Crippen molar-refractivity contribution in [1.29, 1.82) is 0 Å². The summed E-state index contributed by atoms with van der Waals surface area (Å²) in [5.41, 5.74) is 4.11. The maximum atomic E-state index is 10.5. The number of aldehydes is 1. The molecule has 0 atom stereocenters. The molecule has 1 aromatic heterocycles. The fraction of sp³-hybridized carbons (Fsp3) is 0.333. The molecule has 1 heterocycles. The number of methoxy groups -OCH3 is 1. The molecule has 2 aromatic rings. The summed E-state index contributed by atoms with van der Waals surface area (Å²) >= 11 is 0. The third-order valence-electron chi connectivity index (χ3n) is 2.48. The molecule has 0 saturated heterocycles. The van der Waals surface area contributed by atoms with Crippen molar-refractivity contribution in [1.82, 2.24) is 9.78 Å². The average molecular weight is 260 g/mol. The van der Waals surface area contributed by atoms with Gasteiger partial charge in [-0.25, -0.2) is 4.68 Å². The summed E-state index contributed by atoms with van der Waals surface area (Å²) in [7, 11) is 3.25. The Morgan fingerprint density at radius 3 is 2.47 bits per heavy atom. The second-order valence-corrected chi connectivity index (χ2v) is 4.29. The van der Waals surface area contributed by atoms with E-state index in [1.807, 2.05) is 48.9 Å². The van der Waals surface area contributed by atoms with Crippen molar-refractivity contribution in [2.45, 2.75) is 20.3 Å². The van der Waals surface area contributed by atoms with Gasteiger partial charge in [0.2, 0.25) is 0 Å². The maximum absolute atomic E-state index is 10.5. The molecule has 0 spiro atoms. The van der Waals surface area contributed by atoms with Crippen molar-refractivity contribution >= 4 is 6.29 Å². The summed E-state index contributed by atoms with van der Waals surface area (Å²) in [5.74, 6) is 0. The Morgan fingerprint density at radius 2 is 1.95 bits per heavy atom. The second-order valence-electron chi connectivity index (χ2n) is 4.29. The van der Waals surface area contributed by atoms with E-state index in [9.17, 15) is 4.79 Å². The van der Waals surface area contributed by atoms with E-state index in [1.54, 1.807) is 14.2 Å². The third-order valence-corrected chi connectivity index (χ3v) is 2.48. The Kier molecular flexibility index (Phi) is 5.96. The number of hydrogen-bond acceptors (Lipinski definition) is 3. The molecule has 0 aliphatic rings. The molecule has 0 aliphatic heterocycles. The molecular weight excluding hydrogens is 240 g/mol. The maximum Gasteiger partial charge on any atom is 0.124 e. The van der Waals surface area contributed by atoms with E-state index in [1.165, 1.54) is 0 Å². The molecule has 0 bridgehead atoms. The fourth-order valence-electron chi connectivity index (χ4n) is 1.80. The lowest BCUT2D eigenvalue weighted by Gasteiger charge is -2.05. The number of ether oxygens (including phenoxy) is 1. The quantitative estimate of drug-likeness (QED) is 0.796. The normalized spacial score (nSPS) is 9.68. The van der Waals surface area contributed by atoms with Crippen LogP contribution in [0.3, 0.4) is 0 Å². The first-order valence-corrected chi connectivity index (χ1v) is 6.08. The molecule has 0 aliphatic carbocycles. The summed E-state index contributed by atoms with van der Waals surface area (Å²) in [6, 6.07) is 9.92. The van der Waals surface area contributed by atoms with E-state index in [0.717, 1.165) is 28.9 Å². The highest BCUT2D eigenvalue weighted by molar-refractivity contribution is 5.56. The molecule has 0 N–H and O–H groups in total. The first-order chi connectivity index (χ1) is 9.12. The first kappa shape index (κ1) is 15.1. The Balaban J connectivity index is 0.000000550. The Morgan fingerprint density at radius 1 is 1.26 bits per heavy atom. The molecule has 1 aromatic carbocycles. The highest BCUT2D eigenvalue weighted by Crippen LogP contribution is 2.13. The SMILES string of the molecule is COC.Cc1cc(C)n(-c2cccc(CC=O)c2)n1. The van der Waals surface area contributed by atoms with Gasteiger partial charge in [0.1, 0.15) is 6.29 Å². The van der Waals surface area contributed by atoms with Crippen molar-refractivity contribution in [3.63, 3.8) is 0 Å². The summed E-state index contributed by atoms with van der Waals surface area (Å²) in [4.78, 5) is 10.5. The topological polar surface area (TPSA) is 44.1 Å². The van der Waals surface area contributed by atoms with Gasteiger partial charge in [0, 0.05) is 26.3 Å². The molecule has 0 amide bonds. The number of aromatic nitrogens is 2. The number of carbonyl (C=O) groups excluding carboxylic acids is 1. The highest BCUT2D eigenvalue weighted by atomic mass is 16.4. The number of rotatable bonds is 3. The molecule has 0 saturated carbocycles. The zero-order valence-corrected chi connectivity index (χ0v) is 11.9. The third kappa shape index (κ3) is 4.34. The van der Waals surface area contributed by atoms with Gasteiger partial charge in [-0.15, -0.1) is 0 Å². The molecule has 0 fully saturated rings. The van der Waals surface area contributed by atoms with Crippen LogP contribution in [-0.4, -0.2) is 30.3 Å². The molecule has 4 nitrogen and oxygen atoms in total. The van der Waals surface area contributed by atoms with Crippen LogP contribution in [0.25, 0.3) is 5.69 Å². The van der Waals surface area contributed by atoms with E-state index in [-0.39, 0.29) is 0 Å². The zero-order chi connectivity index (χ0) is 14.3. The molecule has 102 valence electrons. The lowest BCUT2D eigenvalue weighted by molar-refractivity contribution is -0.107. The first-order valence-electron chi connectivity index (χ1n) is 6.08. The van der Waals surface area contributed by atoms with Crippen LogP contribution < -0.4 is 0 Å². The monoisotopic (exact) mass is 260 g/mol. The smallest absolute Gasteiger partial charge is 0.124 e. The number of nitrogens with zero attached hydrogens (tertiary/aromatic N) is 2. The average Bonchev–Trinajstić information content (AvgIpc) is 2.70. The molecule has 2 rings (SSSR count). The second kappa shape index (κ2) is 7.48.